The average molecular weight is 677 g/mol. The largest absolute Gasteiger partial charge is 0.492 e. The second-order valence-electron chi connectivity index (χ2n) is 13.0. The van der Waals surface area contributed by atoms with Crippen LogP contribution in [0.5, 0.6) is 5.75 Å². The topological polar surface area (TPSA) is 159 Å². The number of amides is 4. The normalized spacial score (nSPS) is 20.2. The van der Waals surface area contributed by atoms with Gasteiger partial charge in [0, 0.05) is 63.3 Å². The Balaban J connectivity index is 0.760. The summed E-state index contributed by atoms with van der Waals surface area (Å²) in [6.45, 7) is 4.54. The molecule has 0 saturated carbocycles. The summed E-state index contributed by atoms with van der Waals surface area (Å²) in [4.78, 5) is 68.9. The van der Waals surface area contributed by atoms with Crippen LogP contribution in [-0.2, 0) is 14.3 Å². The molecule has 1 aromatic carbocycles. The smallest absolute Gasteiger partial charge is 0.262 e. The van der Waals surface area contributed by atoms with E-state index in [0.29, 0.717) is 12.4 Å². The molecular weight excluding hydrogens is 640 g/mol. The van der Waals surface area contributed by atoms with E-state index in [0.717, 1.165) is 78.8 Å². The van der Waals surface area contributed by atoms with Crippen molar-refractivity contribution in [1.82, 2.24) is 30.1 Å². The van der Waals surface area contributed by atoms with Crippen molar-refractivity contribution in [2.45, 2.75) is 43.9 Å². The van der Waals surface area contributed by atoms with Crippen molar-refractivity contribution in [2.75, 3.05) is 49.5 Å². The first-order valence-corrected chi connectivity index (χ1v) is 16.9. The minimum Gasteiger partial charge on any atom is -0.492 e. The van der Waals surface area contributed by atoms with Crippen molar-refractivity contribution in [3.05, 3.63) is 78.1 Å². The molecule has 1 unspecified atom stereocenters. The van der Waals surface area contributed by atoms with Crippen molar-refractivity contribution in [2.24, 2.45) is 0 Å². The molecule has 0 aliphatic carbocycles. The van der Waals surface area contributed by atoms with E-state index >= 15 is 0 Å². The molecule has 3 aromatic heterocycles. The monoisotopic (exact) mass is 676 g/mol. The standard InChI is InChI=1S/C36H36N8O6/c45-33-8-6-30(34(46)41-33)44-35(47)26-4-3-24(19-27(26)36(44)48)49-17-16-42-14-10-23(11-15-42)50-25-20-43(21-25)32-18-22(9-13-38-32)39-31-7-5-28-29(40-31)2-1-12-37-28/h1-5,7,9,12-13,18-19,23,25,30H,6,8,10-11,14-17,20-21H2,(H,38,39,40)(H,41,45,46). The van der Waals surface area contributed by atoms with Gasteiger partial charge in [-0.1, -0.05) is 0 Å². The van der Waals surface area contributed by atoms with Gasteiger partial charge in [0.15, 0.2) is 0 Å². The van der Waals surface area contributed by atoms with Gasteiger partial charge >= 0.3 is 0 Å². The van der Waals surface area contributed by atoms with Gasteiger partial charge in [-0.3, -0.25) is 39.3 Å². The van der Waals surface area contributed by atoms with E-state index in [-0.39, 0.29) is 36.2 Å². The van der Waals surface area contributed by atoms with Crippen molar-refractivity contribution in [1.29, 1.82) is 0 Å². The summed E-state index contributed by atoms with van der Waals surface area (Å²) in [6, 6.07) is 15.5. The summed E-state index contributed by atoms with van der Waals surface area (Å²) in [5.74, 6) is 0.0354. The number of piperidine rings is 2. The molecule has 4 amide bonds. The van der Waals surface area contributed by atoms with Crippen LogP contribution < -0.4 is 20.3 Å². The van der Waals surface area contributed by atoms with E-state index in [4.69, 9.17) is 9.47 Å². The Labute approximate surface area is 287 Å². The van der Waals surface area contributed by atoms with Crippen LogP contribution in [0.2, 0.25) is 0 Å². The Morgan fingerprint density at radius 2 is 1.68 bits per heavy atom. The van der Waals surface area contributed by atoms with Crippen molar-refractivity contribution >= 4 is 52.0 Å². The van der Waals surface area contributed by atoms with Gasteiger partial charge in [-0.15, -0.1) is 0 Å². The van der Waals surface area contributed by atoms with Crippen LogP contribution in [0.25, 0.3) is 11.0 Å². The van der Waals surface area contributed by atoms with Gasteiger partial charge in [0.25, 0.3) is 11.8 Å². The number of fused-ring (bicyclic) bond motifs is 2. The average Bonchev–Trinajstić information content (AvgIpc) is 3.35. The first kappa shape index (κ1) is 31.8. The number of imide groups is 2. The highest BCUT2D eigenvalue weighted by atomic mass is 16.5. The molecule has 50 heavy (non-hydrogen) atoms. The third kappa shape index (κ3) is 6.46. The van der Waals surface area contributed by atoms with Crippen molar-refractivity contribution in [3.63, 3.8) is 0 Å². The summed E-state index contributed by atoms with van der Waals surface area (Å²) in [6.07, 6.45) is 6.02. The van der Waals surface area contributed by atoms with Crippen molar-refractivity contribution < 1.29 is 28.7 Å². The van der Waals surface area contributed by atoms with Crippen LogP contribution in [0.1, 0.15) is 46.4 Å². The van der Waals surface area contributed by atoms with E-state index in [1.165, 1.54) is 0 Å². The highest BCUT2D eigenvalue weighted by Crippen LogP contribution is 2.31. The predicted octanol–water partition coefficient (Wildman–Crippen LogP) is 2.92. The Hall–Kier alpha value is -5.47. The van der Waals surface area contributed by atoms with Crippen LogP contribution in [0.3, 0.4) is 0 Å². The molecule has 4 aromatic rings. The lowest BCUT2D eigenvalue weighted by Crippen LogP contribution is -2.54. The molecule has 4 aliphatic rings. The molecule has 3 saturated heterocycles. The van der Waals surface area contributed by atoms with E-state index in [2.05, 4.69) is 35.4 Å². The van der Waals surface area contributed by atoms with Crippen LogP contribution >= 0.6 is 0 Å². The van der Waals surface area contributed by atoms with Gasteiger partial charge < -0.3 is 19.7 Å². The van der Waals surface area contributed by atoms with E-state index < -0.39 is 29.7 Å². The number of hydrogen-bond donors (Lipinski definition) is 2. The fourth-order valence-electron chi connectivity index (χ4n) is 6.93. The SMILES string of the molecule is O=C1CCC(N2C(=O)c3ccc(OCCN4CCC(OC5CN(c6cc(Nc7ccc8ncccc8n7)ccn6)C5)CC4)cc3C2=O)C(=O)N1. The number of aromatic nitrogens is 3. The zero-order chi connectivity index (χ0) is 34.2. The number of likely N-dealkylation sites (tertiary alicyclic amines) is 1. The molecule has 8 rings (SSSR count). The van der Waals surface area contributed by atoms with E-state index in [9.17, 15) is 19.2 Å². The summed E-state index contributed by atoms with van der Waals surface area (Å²) >= 11 is 0. The maximum Gasteiger partial charge on any atom is 0.262 e. The lowest BCUT2D eigenvalue weighted by atomic mass is 10.0. The molecule has 0 bridgehead atoms. The Bertz CT molecular complexity index is 1980. The van der Waals surface area contributed by atoms with Crippen LogP contribution in [0.4, 0.5) is 17.3 Å². The quantitative estimate of drug-likeness (QED) is 0.237. The lowest BCUT2D eigenvalue weighted by Gasteiger charge is -2.43. The van der Waals surface area contributed by atoms with E-state index in [1.54, 1.807) is 30.6 Å². The number of anilines is 3. The third-order valence-electron chi connectivity index (χ3n) is 9.65. The molecule has 0 radical (unpaired) electrons. The summed E-state index contributed by atoms with van der Waals surface area (Å²) in [7, 11) is 0. The fourth-order valence-corrected chi connectivity index (χ4v) is 6.93. The van der Waals surface area contributed by atoms with Gasteiger partial charge in [-0.25, -0.2) is 9.97 Å². The van der Waals surface area contributed by atoms with Gasteiger partial charge in [0.2, 0.25) is 11.8 Å². The molecule has 4 aliphatic heterocycles. The maximum atomic E-state index is 13.1. The molecule has 7 heterocycles. The number of carbonyl (C=O) groups excluding carboxylic acids is 4. The number of hydrogen-bond acceptors (Lipinski definition) is 12. The predicted molar refractivity (Wildman–Crippen MR) is 182 cm³/mol. The number of ether oxygens (including phenoxy) is 2. The van der Waals surface area contributed by atoms with E-state index in [1.807, 2.05) is 36.4 Å². The zero-order valence-electron chi connectivity index (χ0n) is 27.3. The third-order valence-corrected chi connectivity index (χ3v) is 9.65. The number of nitrogens with zero attached hydrogens (tertiary/aromatic N) is 6. The number of pyridine rings is 3. The molecule has 1 atom stereocenters. The summed E-state index contributed by atoms with van der Waals surface area (Å²) in [5.41, 5.74) is 3.06. The van der Waals surface area contributed by atoms with Gasteiger partial charge in [0.1, 0.15) is 30.0 Å². The number of benzene rings is 1. The van der Waals surface area contributed by atoms with Gasteiger partial charge in [-0.05, 0) is 67.8 Å². The second kappa shape index (κ2) is 13.4. The van der Waals surface area contributed by atoms with Crippen LogP contribution in [0, 0.1) is 0 Å². The van der Waals surface area contributed by atoms with Crippen LogP contribution in [0.15, 0.2) is 67.0 Å². The first-order chi connectivity index (χ1) is 24.4. The number of carbonyl (C=O) groups is 4. The second-order valence-corrected chi connectivity index (χ2v) is 13.0. The highest BCUT2D eigenvalue weighted by molar-refractivity contribution is 6.23. The lowest BCUT2D eigenvalue weighted by molar-refractivity contribution is -0.136. The Morgan fingerprint density at radius 3 is 2.52 bits per heavy atom. The number of rotatable bonds is 10. The van der Waals surface area contributed by atoms with Crippen LogP contribution in [-0.4, -0.2) is 106 Å². The first-order valence-electron chi connectivity index (χ1n) is 16.9. The zero-order valence-corrected chi connectivity index (χ0v) is 27.3. The maximum absolute atomic E-state index is 13.1. The molecule has 3 fully saturated rings. The van der Waals surface area contributed by atoms with Gasteiger partial charge in [-0.2, -0.15) is 0 Å². The molecular formula is C36H36N8O6. The molecule has 14 heteroatoms. The molecule has 256 valence electrons. The fraction of sp³-hybridized carbons (Fsp3) is 0.361. The minimum absolute atomic E-state index is 0.0802. The molecule has 14 nitrogen and oxygen atoms in total. The summed E-state index contributed by atoms with van der Waals surface area (Å²) in [5, 5.41) is 5.59. The molecule has 2 N–H and O–H groups in total. The van der Waals surface area contributed by atoms with Crippen molar-refractivity contribution in [3.8, 4) is 5.75 Å². The number of nitrogens with one attached hydrogen (secondary N) is 2. The Morgan fingerprint density at radius 1 is 0.840 bits per heavy atom. The highest BCUT2D eigenvalue weighted by Gasteiger charge is 2.44. The van der Waals surface area contributed by atoms with Gasteiger partial charge in [0.05, 0.1) is 34.4 Å². The Kier molecular flexibility index (Phi) is 8.54. The minimum atomic E-state index is -0.991. The molecule has 0 spiro atoms. The summed E-state index contributed by atoms with van der Waals surface area (Å²) < 4.78 is 12.4.